The summed E-state index contributed by atoms with van der Waals surface area (Å²) in [6.45, 7) is 0. The van der Waals surface area contributed by atoms with E-state index < -0.39 is 0 Å². The molecular weight excluding hydrogens is 687 g/mol. The lowest BCUT2D eigenvalue weighted by Crippen LogP contribution is -2.09. The van der Waals surface area contributed by atoms with E-state index in [1.54, 1.807) is 0 Å². The van der Waals surface area contributed by atoms with Gasteiger partial charge in [0.1, 0.15) is 0 Å². The van der Waals surface area contributed by atoms with Crippen LogP contribution in [0, 0.1) is 0 Å². The maximum absolute atomic E-state index is 2.38. The lowest BCUT2D eigenvalue weighted by molar-refractivity contribution is 1.29. The molecule has 0 heterocycles. The minimum Gasteiger partial charge on any atom is -0.310 e. The van der Waals surface area contributed by atoms with Gasteiger partial charge in [0.2, 0.25) is 0 Å². The average Bonchev–Trinajstić information content (AvgIpc) is 3.29. The molecule has 0 saturated carbocycles. The Morgan fingerprint density at radius 1 is 0.211 bits per heavy atom. The standard InChI is InChI=1S/C56H37N/c1-2-10-38(11-3-1)43-22-23-45-35-50(33-28-44(45)34-43)57(48-29-24-39(25-30-48)46-21-20-41-19-18-40-12-4-6-14-51(40)55(41)36-46)49-31-26-42(27-32-49)56-37-47-13-5-7-15-52(47)53-16-8-9-17-54(53)56/h1-37H. The fourth-order valence-corrected chi connectivity index (χ4v) is 8.70. The molecule has 11 rings (SSSR count). The van der Waals surface area contributed by atoms with Crippen molar-refractivity contribution in [3.05, 3.63) is 224 Å². The second kappa shape index (κ2) is 13.7. The van der Waals surface area contributed by atoms with Crippen LogP contribution in [-0.4, -0.2) is 0 Å². The quantitative estimate of drug-likeness (QED) is 0.154. The van der Waals surface area contributed by atoms with Crippen molar-refractivity contribution >= 4 is 70.9 Å². The monoisotopic (exact) mass is 723 g/mol. The van der Waals surface area contributed by atoms with Crippen LogP contribution < -0.4 is 4.90 Å². The number of rotatable bonds is 6. The topological polar surface area (TPSA) is 3.24 Å². The zero-order valence-electron chi connectivity index (χ0n) is 31.3. The summed E-state index contributed by atoms with van der Waals surface area (Å²) in [6, 6.07) is 82.1. The van der Waals surface area contributed by atoms with Gasteiger partial charge >= 0.3 is 0 Å². The summed E-state index contributed by atoms with van der Waals surface area (Å²) in [4.78, 5) is 2.38. The minimum absolute atomic E-state index is 1.11. The molecule has 0 atom stereocenters. The Morgan fingerprint density at radius 2 is 0.667 bits per heavy atom. The summed E-state index contributed by atoms with van der Waals surface area (Å²) >= 11 is 0. The molecule has 0 N–H and O–H groups in total. The van der Waals surface area contributed by atoms with Crippen molar-refractivity contribution in [2.75, 3.05) is 4.90 Å². The molecule has 0 spiro atoms. The summed E-state index contributed by atoms with van der Waals surface area (Å²) in [7, 11) is 0. The summed E-state index contributed by atoms with van der Waals surface area (Å²) in [5.41, 5.74) is 10.6. The first-order valence-corrected chi connectivity index (χ1v) is 19.7. The number of nitrogens with zero attached hydrogens (tertiary/aromatic N) is 1. The molecule has 0 saturated heterocycles. The van der Waals surface area contributed by atoms with Gasteiger partial charge in [0.25, 0.3) is 0 Å². The molecular formula is C56H37N. The average molecular weight is 724 g/mol. The van der Waals surface area contributed by atoms with Gasteiger partial charge in [-0.3, -0.25) is 0 Å². The summed E-state index contributed by atoms with van der Waals surface area (Å²) in [5, 5.41) is 12.6. The predicted molar refractivity (Wildman–Crippen MR) is 245 cm³/mol. The molecule has 1 nitrogen and oxygen atoms in total. The smallest absolute Gasteiger partial charge is 0.0468 e. The Bertz CT molecular complexity index is 3270. The maximum Gasteiger partial charge on any atom is 0.0468 e. The van der Waals surface area contributed by atoms with Crippen LogP contribution in [0.15, 0.2) is 224 Å². The van der Waals surface area contributed by atoms with Crippen molar-refractivity contribution in [2.24, 2.45) is 0 Å². The van der Waals surface area contributed by atoms with E-state index in [1.165, 1.54) is 87.2 Å². The van der Waals surface area contributed by atoms with E-state index in [1.807, 2.05) is 0 Å². The highest BCUT2D eigenvalue weighted by Gasteiger charge is 2.16. The number of hydrogen-bond acceptors (Lipinski definition) is 1. The van der Waals surface area contributed by atoms with E-state index in [0.29, 0.717) is 0 Å². The van der Waals surface area contributed by atoms with Crippen LogP contribution in [0.25, 0.3) is 87.2 Å². The van der Waals surface area contributed by atoms with Gasteiger partial charge in [0.05, 0.1) is 0 Å². The van der Waals surface area contributed by atoms with Gasteiger partial charge in [-0.05, 0) is 142 Å². The molecule has 266 valence electrons. The maximum atomic E-state index is 2.38. The van der Waals surface area contributed by atoms with Gasteiger partial charge < -0.3 is 4.90 Å². The van der Waals surface area contributed by atoms with E-state index >= 15 is 0 Å². The first-order valence-electron chi connectivity index (χ1n) is 19.7. The molecule has 1 heteroatoms. The van der Waals surface area contributed by atoms with E-state index in [-0.39, 0.29) is 0 Å². The van der Waals surface area contributed by atoms with Crippen LogP contribution >= 0.6 is 0 Å². The Labute approximate surface area is 332 Å². The van der Waals surface area contributed by atoms with Gasteiger partial charge in [0, 0.05) is 17.1 Å². The lowest BCUT2D eigenvalue weighted by atomic mass is 9.93. The van der Waals surface area contributed by atoms with Crippen LogP contribution in [0.5, 0.6) is 0 Å². The minimum atomic E-state index is 1.11. The van der Waals surface area contributed by atoms with Crippen LogP contribution in [0.3, 0.4) is 0 Å². The zero-order valence-corrected chi connectivity index (χ0v) is 31.3. The third-order valence-corrected chi connectivity index (χ3v) is 11.6. The first-order chi connectivity index (χ1) is 28.2. The Morgan fingerprint density at radius 3 is 1.40 bits per heavy atom. The van der Waals surface area contributed by atoms with Crippen molar-refractivity contribution in [2.45, 2.75) is 0 Å². The fraction of sp³-hybridized carbons (Fsp3) is 0. The first kappa shape index (κ1) is 32.9. The van der Waals surface area contributed by atoms with Crippen LogP contribution in [0.1, 0.15) is 0 Å². The van der Waals surface area contributed by atoms with Gasteiger partial charge in [-0.15, -0.1) is 0 Å². The van der Waals surface area contributed by atoms with Gasteiger partial charge in [0.15, 0.2) is 0 Å². The van der Waals surface area contributed by atoms with E-state index in [2.05, 4.69) is 229 Å². The molecule has 0 aliphatic carbocycles. The van der Waals surface area contributed by atoms with Crippen molar-refractivity contribution in [1.82, 2.24) is 0 Å². The normalized spacial score (nSPS) is 11.5. The van der Waals surface area contributed by atoms with E-state index in [4.69, 9.17) is 0 Å². The molecule has 57 heavy (non-hydrogen) atoms. The predicted octanol–water partition coefficient (Wildman–Crippen LogP) is 15.9. The summed E-state index contributed by atoms with van der Waals surface area (Å²) < 4.78 is 0. The molecule has 11 aromatic rings. The largest absolute Gasteiger partial charge is 0.310 e. The third kappa shape index (κ3) is 5.89. The highest BCUT2D eigenvalue weighted by molar-refractivity contribution is 6.14. The molecule has 0 aliphatic heterocycles. The van der Waals surface area contributed by atoms with Crippen LogP contribution in [0.2, 0.25) is 0 Å². The molecule has 0 aliphatic rings. The second-order valence-electron chi connectivity index (χ2n) is 15.0. The van der Waals surface area contributed by atoms with Gasteiger partial charge in [-0.1, -0.05) is 170 Å². The SMILES string of the molecule is c1ccc(-c2ccc3cc(N(c4ccc(-c5ccc6ccc7ccccc7c6c5)cc4)c4ccc(-c5cc6ccccc6c6ccccc56)cc4)ccc3c2)cc1. The third-order valence-electron chi connectivity index (χ3n) is 11.6. The van der Waals surface area contributed by atoms with E-state index in [9.17, 15) is 0 Å². The van der Waals surface area contributed by atoms with Gasteiger partial charge in [-0.25, -0.2) is 0 Å². The highest BCUT2D eigenvalue weighted by Crippen LogP contribution is 2.41. The zero-order chi connectivity index (χ0) is 37.7. The fourth-order valence-electron chi connectivity index (χ4n) is 8.70. The van der Waals surface area contributed by atoms with Gasteiger partial charge in [-0.2, -0.15) is 0 Å². The van der Waals surface area contributed by atoms with Crippen LogP contribution in [-0.2, 0) is 0 Å². The molecule has 0 aromatic heterocycles. The Hall–Kier alpha value is -7.48. The van der Waals surface area contributed by atoms with Crippen molar-refractivity contribution < 1.29 is 0 Å². The number of fused-ring (bicyclic) bond motifs is 7. The van der Waals surface area contributed by atoms with Crippen molar-refractivity contribution in [3.8, 4) is 33.4 Å². The molecule has 0 fully saturated rings. The summed E-state index contributed by atoms with van der Waals surface area (Å²) in [6.07, 6.45) is 0. The molecule has 0 amide bonds. The molecule has 0 radical (unpaired) electrons. The second-order valence-corrected chi connectivity index (χ2v) is 15.0. The molecule has 0 bridgehead atoms. The van der Waals surface area contributed by atoms with Crippen molar-refractivity contribution in [3.63, 3.8) is 0 Å². The van der Waals surface area contributed by atoms with Crippen molar-refractivity contribution in [1.29, 1.82) is 0 Å². The number of hydrogen-bond donors (Lipinski definition) is 0. The number of anilines is 3. The van der Waals surface area contributed by atoms with E-state index in [0.717, 1.165) is 17.1 Å². The molecule has 11 aromatic carbocycles. The number of benzene rings is 11. The van der Waals surface area contributed by atoms with Crippen LogP contribution in [0.4, 0.5) is 17.1 Å². The molecule has 0 unspecified atom stereocenters. The summed E-state index contributed by atoms with van der Waals surface area (Å²) in [5.74, 6) is 0. The Balaban J connectivity index is 1.01. The lowest BCUT2D eigenvalue weighted by Gasteiger charge is -2.26. The Kier molecular flexibility index (Phi) is 7.89. The highest BCUT2D eigenvalue weighted by atomic mass is 15.1.